The summed E-state index contributed by atoms with van der Waals surface area (Å²) < 4.78 is 0. The Bertz CT molecular complexity index is 940. The lowest BCUT2D eigenvalue weighted by Gasteiger charge is -2.14. The number of hydroxylamine groups is 1. The normalized spacial score (nSPS) is 14.4. The summed E-state index contributed by atoms with van der Waals surface area (Å²) in [5, 5.41) is 14.7. The van der Waals surface area contributed by atoms with E-state index in [1.54, 1.807) is 24.3 Å². The SMILES string of the molecule is NC[C@H](NC(=O)c1ccc(C#Cc2ccc(CNC3CCCC3)cc2)cc1)C(=O)NO. The first kappa shape index (κ1) is 22.5. The third-order valence-corrected chi connectivity index (χ3v) is 5.37. The highest BCUT2D eigenvalue weighted by Gasteiger charge is 2.19. The average Bonchev–Trinajstić information content (AvgIpc) is 3.34. The van der Waals surface area contributed by atoms with Crippen LogP contribution in [0.15, 0.2) is 48.5 Å². The van der Waals surface area contributed by atoms with Crippen molar-refractivity contribution in [3.8, 4) is 11.8 Å². The fraction of sp³-hybridized carbons (Fsp3) is 0.333. The van der Waals surface area contributed by atoms with Crippen LogP contribution in [0.5, 0.6) is 0 Å². The Balaban J connectivity index is 1.55. The topological polar surface area (TPSA) is 116 Å². The van der Waals surface area contributed by atoms with Gasteiger partial charge in [0.15, 0.2) is 0 Å². The molecule has 0 spiro atoms. The van der Waals surface area contributed by atoms with Crippen LogP contribution in [0.4, 0.5) is 0 Å². The van der Waals surface area contributed by atoms with Crippen LogP contribution < -0.4 is 21.8 Å². The lowest BCUT2D eigenvalue weighted by atomic mass is 10.1. The highest BCUT2D eigenvalue weighted by atomic mass is 16.5. The van der Waals surface area contributed by atoms with Gasteiger partial charge in [0, 0.05) is 35.8 Å². The smallest absolute Gasteiger partial charge is 0.267 e. The predicted molar refractivity (Wildman–Crippen MR) is 118 cm³/mol. The highest BCUT2D eigenvalue weighted by Crippen LogP contribution is 2.18. The van der Waals surface area contributed by atoms with E-state index in [1.165, 1.54) is 36.7 Å². The Kier molecular flexibility index (Phi) is 8.19. The van der Waals surface area contributed by atoms with Gasteiger partial charge in [-0.15, -0.1) is 0 Å². The first-order chi connectivity index (χ1) is 15.1. The number of amides is 2. The quantitative estimate of drug-likeness (QED) is 0.265. The zero-order valence-electron chi connectivity index (χ0n) is 17.4. The molecule has 1 saturated carbocycles. The van der Waals surface area contributed by atoms with Crippen LogP contribution in [-0.2, 0) is 11.3 Å². The summed E-state index contributed by atoms with van der Waals surface area (Å²) >= 11 is 0. The summed E-state index contributed by atoms with van der Waals surface area (Å²) in [4.78, 5) is 23.6. The van der Waals surface area contributed by atoms with Gasteiger partial charge < -0.3 is 16.4 Å². The van der Waals surface area contributed by atoms with Crippen molar-refractivity contribution in [3.63, 3.8) is 0 Å². The van der Waals surface area contributed by atoms with Gasteiger partial charge in [-0.1, -0.05) is 36.8 Å². The van der Waals surface area contributed by atoms with Crippen molar-refractivity contribution < 1.29 is 14.8 Å². The van der Waals surface area contributed by atoms with Gasteiger partial charge in [-0.25, -0.2) is 5.48 Å². The molecule has 2 aromatic rings. The second kappa shape index (κ2) is 11.3. The summed E-state index contributed by atoms with van der Waals surface area (Å²) in [6, 6.07) is 14.6. The molecule has 1 atom stereocenters. The molecule has 2 amide bonds. The van der Waals surface area contributed by atoms with Gasteiger partial charge in [-0.2, -0.15) is 0 Å². The monoisotopic (exact) mass is 420 g/mol. The van der Waals surface area contributed by atoms with Crippen LogP contribution in [0.1, 0.15) is 52.7 Å². The minimum absolute atomic E-state index is 0.128. The molecule has 6 N–H and O–H groups in total. The summed E-state index contributed by atoms with van der Waals surface area (Å²) in [5.74, 6) is 4.99. The molecule has 0 saturated heterocycles. The van der Waals surface area contributed by atoms with E-state index in [0.29, 0.717) is 11.6 Å². The van der Waals surface area contributed by atoms with Gasteiger partial charge in [-0.3, -0.25) is 14.8 Å². The Morgan fingerprint density at radius 1 is 1.00 bits per heavy atom. The van der Waals surface area contributed by atoms with E-state index in [1.807, 2.05) is 12.1 Å². The molecule has 2 aromatic carbocycles. The number of rotatable bonds is 7. The number of hydrogen-bond acceptors (Lipinski definition) is 5. The van der Waals surface area contributed by atoms with Crippen LogP contribution in [-0.4, -0.2) is 35.7 Å². The number of carbonyl (C=O) groups is 2. The molecule has 31 heavy (non-hydrogen) atoms. The number of nitrogens with two attached hydrogens (primary N) is 1. The van der Waals surface area contributed by atoms with Gasteiger partial charge in [0.05, 0.1) is 0 Å². The second-order valence-corrected chi connectivity index (χ2v) is 7.62. The molecule has 7 heteroatoms. The van der Waals surface area contributed by atoms with E-state index in [4.69, 9.17) is 10.9 Å². The fourth-order valence-electron chi connectivity index (χ4n) is 3.50. The van der Waals surface area contributed by atoms with Crippen molar-refractivity contribution in [1.29, 1.82) is 0 Å². The van der Waals surface area contributed by atoms with Crippen LogP contribution >= 0.6 is 0 Å². The number of hydrogen-bond donors (Lipinski definition) is 5. The minimum atomic E-state index is -1.01. The van der Waals surface area contributed by atoms with Gasteiger partial charge >= 0.3 is 0 Å². The lowest BCUT2D eigenvalue weighted by Crippen LogP contribution is -2.50. The second-order valence-electron chi connectivity index (χ2n) is 7.62. The van der Waals surface area contributed by atoms with E-state index in [2.05, 4.69) is 34.6 Å². The highest BCUT2D eigenvalue weighted by molar-refractivity contribution is 5.97. The van der Waals surface area contributed by atoms with Gasteiger partial charge in [0.25, 0.3) is 11.8 Å². The zero-order chi connectivity index (χ0) is 22.1. The standard InChI is InChI=1S/C24H28N4O3/c25-15-22(24(30)28-31)27-23(29)20-13-11-18(12-14-20)6-5-17-7-9-19(10-8-17)16-26-21-3-1-2-4-21/h7-14,21-22,26,31H,1-4,15-16,25H2,(H,27,29)(H,28,30)/t22-/m0/s1. The van der Waals surface area contributed by atoms with E-state index in [0.717, 1.165) is 17.7 Å². The largest absolute Gasteiger partial charge is 0.339 e. The van der Waals surface area contributed by atoms with Crippen molar-refractivity contribution in [3.05, 3.63) is 70.8 Å². The van der Waals surface area contributed by atoms with E-state index < -0.39 is 17.9 Å². The molecule has 0 radical (unpaired) electrons. The fourth-order valence-corrected chi connectivity index (χ4v) is 3.50. The van der Waals surface area contributed by atoms with E-state index in [9.17, 15) is 9.59 Å². The van der Waals surface area contributed by atoms with Crippen LogP contribution in [0.2, 0.25) is 0 Å². The molecule has 1 aliphatic carbocycles. The van der Waals surface area contributed by atoms with Crippen LogP contribution in [0, 0.1) is 11.8 Å². The van der Waals surface area contributed by atoms with Crippen LogP contribution in [0.25, 0.3) is 0 Å². The molecule has 1 aliphatic rings. The molecular weight excluding hydrogens is 392 g/mol. The van der Waals surface area contributed by atoms with Gasteiger partial charge in [0.1, 0.15) is 6.04 Å². The third kappa shape index (κ3) is 6.66. The Labute approximate surface area is 182 Å². The molecule has 0 aliphatic heterocycles. The molecular formula is C24H28N4O3. The molecule has 0 unspecified atom stereocenters. The number of carbonyl (C=O) groups excluding carboxylic acids is 2. The maximum atomic E-state index is 12.2. The average molecular weight is 421 g/mol. The molecule has 1 fully saturated rings. The molecule has 7 nitrogen and oxygen atoms in total. The lowest BCUT2D eigenvalue weighted by molar-refractivity contribution is -0.130. The molecule has 0 bridgehead atoms. The molecule has 3 rings (SSSR count). The maximum absolute atomic E-state index is 12.2. The summed E-state index contributed by atoms with van der Waals surface area (Å²) in [6.45, 7) is 0.754. The van der Waals surface area contributed by atoms with Crippen molar-refractivity contribution in [2.45, 2.75) is 44.3 Å². The van der Waals surface area contributed by atoms with Crippen molar-refractivity contribution in [1.82, 2.24) is 16.1 Å². The summed E-state index contributed by atoms with van der Waals surface area (Å²) in [5.41, 5.74) is 10.2. The van der Waals surface area contributed by atoms with Gasteiger partial charge in [-0.05, 0) is 54.8 Å². The molecule has 0 heterocycles. The van der Waals surface area contributed by atoms with Crippen molar-refractivity contribution in [2.24, 2.45) is 5.73 Å². The third-order valence-electron chi connectivity index (χ3n) is 5.37. The molecule has 0 aromatic heterocycles. The zero-order valence-corrected chi connectivity index (χ0v) is 17.4. The number of nitrogens with one attached hydrogen (secondary N) is 3. The first-order valence-electron chi connectivity index (χ1n) is 10.5. The summed E-state index contributed by atoms with van der Waals surface area (Å²) in [7, 11) is 0. The Hall–Kier alpha value is -3.18. The van der Waals surface area contributed by atoms with Crippen LogP contribution in [0.3, 0.4) is 0 Å². The Morgan fingerprint density at radius 3 is 2.13 bits per heavy atom. The summed E-state index contributed by atoms with van der Waals surface area (Å²) in [6.07, 6.45) is 5.20. The van der Waals surface area contributed by atoms with Crippen molar-refractivity contribution >= 4 is 11.8 Å². The van der Waals surface area contributed by atoms with Gasteiger partial charge in [0.2, 0.25) is 0 Å². The van der Waals surface area contributed by atoms with E-state index in [-0.39, 0.29) is 6.54 Å². The Morgan fingerprint density at radius 2 is 1.58 bits per heavy atom. The van der Waals surface area contributed by atoms with Crippen molar-refractivity contribution in [2.75, 3.05) is 6.54 Å². The minimum Gasteiger partial charge on any atom is -0.339 e. The first-order valence-corrected chi connectivity index (χ1v) is 10.5. The van der Waals surface area contributed by atoms with E-state index >= 15 is 0 Å². The molecule has 162 valence electrons. The maximum Gasteiger partial charge on any atom is 0.267 e. The predicted octanol–water partition coefficient (Wildman–Crippen LogP) is 1.68. The number of benzene rings is 2.